The standard InChI is InChI=1S/C14H17NO3/c1-3-18-14-6-4-5-13-12(14)7-8-15(13)9-11(16)10-17-2/h4-8H,3,9-10H2,1-2H3. The molecule has 0 spiro atoms. The monoisotopic (exact) mass is 247 g/mol. The number of nitrogens with zero attached hydrogens (tertiary/aromatic N) is 1. The average molecular weight is 247 g/mol. The van der Waals surface area contributed by atoms with Crippen LogP contribution in [-0.4, -0.2) is 30.7 Å². The summed E-state index contributed by atoms with van der Waals surface area (Å²) in [5, 5.41) is 1.03. The van der Waals surface area contributed by atoms with E-state index < -0.39 is 0 Å². The number of aromatic nitrogens is 1. The van der Waals surface area contributed by atoms with E-state index in [1.165, 1.54) is 7.11 Å². The molecule has 0 aliphatic carbocycles. The van der Waals surface area contributed by atoms with E-state index in [0.717, 1.165) is 16.7 Å². The SMILES string of the molecule is CCOc1cccc2c1ccn2CC(=O)COC. The zero-order valence-corrected chi connectivity index (χ0v) is 10.7. The Hall–Kier alpha value is -1.81. The van der Waals surface area contributed by atoms with Gasteiger partial charge in [0.1, 0.15) is 12.4 Å². The maximum atomic E-state index is 11.6. The first-order chi connectivity index (χ1) is 8.76. The number of Topliss-reactive ketones (excluding diaryl/α,β-unsaturated/α-hetero) is 1. The first kappa shape index (κ1) is 12.6. The van der Waals surface area contributed by atoms with Gasteiger partial charge in [0.05, 0.1) is 18.7 Å². The highest BCUT2D eigenvalue weighted by molar-refractivity contribution is 5.88. The molecule has 4 heteroatoms. The number of fused-ring (bicyclic) bond motifs is 1. The van der Waals surface area contributed by atoms with Gasteiger partial charge < -0.3 is 14.0 Å². The fourth-order valence-electron chi connectivity index (χ4n) is 2.01. The molecule has 0 saturated heterocycles. The van der Waals surface area contributed by atoms with Gasteiger partial charge in [0.15, 0.2) is 5.78 Å². The molecule has 0 fully saturated rings. The van der Waals surface area contributed by atoms with Gasteiger partial charge in [-0.3, -0.25) is 4.79 Å². The quantitative estimate of drug-likeness (QED) is 0.786. The molecule has 0 atom stereocenters. The Morgan fingerprint density at radius 1 is 1.33 bits per heavy atom. The summed E-state index contributed by atoms with van der Waals surface area (Å²) < 4.78 is 12.3. The van der Waals surface area contributed by atoms with Gasteiger partial charge in [-0.1, -0.05) is 6.07 Å². The lowest BCUT2D eigenvalue weighted by Gasteiger charge is -2.07. The van der Waals surface area contributed by atoms with Crippen LogP contribution in [0.5, 0.6) is 5.75 Å². The number of rotatable bonds is 6. The molecule has 0 saturated carbocycles. The van der Waals surface area contributed by atoms with Crippen LogP contribution in [0, 0.1) is 0 Å². The molecule has 4 nitrogen and oxygen atoms in total. The summed E-state index contributed by atoms with van der Waals surface area (Å²) >= 11 is 0. The first-order valence-corrected chi connectivity index (χ1v) is 5.97. The third kappa shape index (κ3) is 2.54. The van der Waals surface area contributed by atoms with Gasteiger partial charge in [-0.25, -0.2) is 0 Å². The first-order valence-electron chi connectivity index (χ1n) is 5.97. The van der Waals surface area contributed by atoms with Crippen LogP contribution in [0.1, 0.15) is 6.92 Å². The molecule has 1 aromatic carbocycles. The second-order valence-electron chi connectivity index (χ2n) is 4.04. The Morgan fingerprint density at radius 3 is 2.89 bits per heavy atom. The second kappa shape index (κ2) is 5.69. The third-order valence-corrected chi connectivity index (χ3v) is 2.73. The number of ketones is 1. The van der Waals surface area contributed by atoms with Crippen LogP contribution in [-0.2, 0) is 16.1 Å². The van der Waals surface area contributed by atoms with Gasteiger partial charge in [0.2, 0.25) is 0 Å². The van der Waals surface area contributed by atoms with Gasteiger partial charge in [0, 0.05) is 18.7 Å². The molecule has 0 unspecified atom stereocenters. The molecule has 0 radical (unpaired) electrons. The van der Waals surface area contributed by atoms with Gasteiger partial charge in [-0.2, -0.15) is 0 Å². The van der Waals surface area contributed by atoms with Crippen LogP contribution in [0.25, 0.3) is 10.9 Å². The minimum atomic E-state index is 0.0526. The maximum Gasteiger partial charge on any atom is 0.178 e. The van der Waals surface area contributed by atoms with Gasteiger partial charge in [-0.15, -0.1) is 0 Å². The van der Waals surface area contributed by atoms with Crippen molar-refractivity contribution in [3.8, 4) is 5.75 Å². The minimum Gasteiger partial charge on any atom is -0.493 e. The van der Waals surface area contributed by atoms with E-state index >= 15 is 0 Å². The van der Waals surface area contributed by atoms with E-state index in [1.54, 1.807) is 0 Å². The predicted octanol–water partition coefficient (Wildman–Crippen LogP) is 2.26. The highest BCUT2D eigenvalue weighted by atomic mass is 16.5. The third-order valence-electron chi connectivity index (χ3n) is 2.73. The van der Waals surface area contributed by atoms with E-state index in [4.69, 9.17) is 9.47 Å². The van der Waals surface area contributed by atoms with Crippen LogP contribution in [0.3, 0.4) is 0 Å². The van der Waals surface area contributed by atoms with Crippen molar-refractivity contribution in [2.45, 2.75) is 13.5 Å². The van der Waals surface area contributed by atoms with E-state index in [1.807, 2.05) is 42.0 Å². The van der Waals surface area contributed by atoms with Crippen LogP contribution >= 0.6 is 0 Å². The normalized spacial score (nSPS) is 10.8. The Morgan fingerprint density at radius 2 is 2.17 bits per heavy atom. The lowest BCUT2D eigenvalue weighted by atomic mass is 10.2. The number of benzene rings is 1. The molecular weight excluding hydrogens is 230 g/mol. The van der Waals surface area contributed by atoms with Crippen LogP contribution in [0.15, 0.2) is 30.5 Å². The molecule has 0 bridgehead atoms. The summed E-state index contributed by atoms with van der Waals surface area (Å²) in [7, 11) is 1.53. The summed E-state index contributed by atoms with van der Waals surface area (Å²) in [6.07, 6.45) is 1.90. The highest BCUT2D eigenvalue weighted by Crippen LogP contribution is 2.26. The molecule has 2 aromatic rings. The number of carbonyl (C=O) groups excluding carboxylic acids is 1. The summed E-state index contributed by atoms with van der Waals surface area (Å²) in [6, 6.07) is 7.83. The zero-order chi connectivity index (χ0) is 13.0. The topological polar surface area (TPSA) is 40.5 Å². The van der Waals surface area contributed by atoms with Gasteiger partial charge in [0.25, 0.3) is 0 Å². The second-order valence-corrected chi connectivity index (χ2v) is 4.04. The molecule has 0 N–H and O–H groups in total. The molecule has 1 aromatic heterocycles. The largest absolute Gasteiger partial charge is 0.493 e. The number of methoxy groups -OCH3 is 1. The van der Waals surface area contributed by atoms with E-state index in [9.17, 15) is 4.79 Å². The van der Waals surface area contributed by atoms with Crippen LogP contribution < -0.4 is 4.74 Å². The van der Waals surface area contributed by atoms with Crippen molar-refractivity contribution in [3.63, 3.8) is 0 Å². The Kier molecular flexibility index (Phi) is 3.99. The van der Waals surface area contributed by atoms with Crippen LogP contribution in [0.4, 0.5) is 0 Å². The van der Waals surface area contributed by atoms with Crippen molar-refractivity contribution >= 4 is 16.7 Å². The van der Waals surface area contributed by atoms with Gasteiger partial charge >= 0.3 is 0 Å². The van der Waals surface area contributed by atoms with E-state index in [0.29, 0.717) is 13.2 Å². The number of carbonyl (C=O) groups is 1. The summed E-state index contributed by atoms with van der Waals surface area (Å²) in [6.45, 7) is 3.06. The minimum absolute atomic E-state index is 0.0526. The fourth-order valence-corrected chi connectivity index (χ4v) is 2.01. The number of hydrogen-bond donors (Lipinski definition) is 0. The number of hydrogen-bond acceptors (Lipinski definition) is 3. The molecule has 2 rings (SSSR count). The Balaban J connectivity index is 2.30. The molecular formula is C14H17NO3. The van der Waals surface area contributed by atoms with Crippen LogP contribution in [0.2, 0.25) is 0 Å². The molecule has 0 amide bonds. The van der Waals surface area contributed by atoms with Crippen molar-refractivity contribution in [3.05, 3.63) is 30.5 Å². The van der Waals surface area contributed by atoms with Crippen molar-refractivity contribution in [2.24, 2.45) is 0 Å². The summed E-state index contributed by atoms with van der Waals surface area (Å²) in [4.78, 5) is 11.6. The van der Waals surface area contributed by atoms with Crippen molar-refractivity contribution in [2.75, 3.05) is 20.3 Å². The molecule has 18 heavy (non-hydrogen) atoms. The zero-order valence-electron chi connectivity index (χ0n) is 10.7. The molecule has 96 valence electrons. The van der Waals surface area contributed by atoms with Gasteiger partial charge in [-0.05, 0) is 25.1 Å². The Labute approximate surface area is 106 Å². The predicted molar refractivity (Wildman–Crippen MR) is 70.0 cm³/mol. The smallest absolute Gasteiger partial charge is 0.178 e. The van der Waals surface area contributed by atoms with Crippen molar-refractivity contribution in [1.29, 1.82) is 0 Å². The molecule has 0 aliphatic rings. The fraction of sp³-hybridized carbons (Fsp3) is 0.357. The average Bonchev–Trinajstić information content (AvgIpc) is 2.74. The molecule has 0 aliphatic heterocycles. The highest BCUT2D eigenvalue weighted by Gasteiger charge is 2.08. The van der Waals surface area contributed by atoms with Crippen molar-refractivity contribution in [1.82, 2.24) is 4.57 Å². The summed E-state index contributed by atoms with van der Waals surface area (Å²) in [5.41, 5.74) is 1.01. The Bertz CT molecular complexity index is 545. The van der Waals surface area contributed by atoms with E-state index in [-0.39, 0.29) is 12.4 Å². The van der Waals surface area contributed by atoms with E-state index in [2.05, 4.69) is 0 Å². The molecule has 1 heterocycles. The lowest BCUT2D eigenvalue weighted by Crippen LogP contribution is -2.14. The number of ether oxygens (including phenoxy) is 2. The van der Waals surface area contributed by atoms with Crippen molar-refractivity contribution < 1.29 is 14.3 Å². The maximum absolute atomic E-state index is 11.6. The lowest BCUT2D eigenvalue weighted by molar-refractivity contribution is -0.123. The summed E-state index contributed by atoms with van der Waals surface area (Å²) in [5.74, 6) is 0.907.